The fraction of sp³-hybridized carbons (Fsp3) is 0.632. The molecule has 1 saturated heterocycles. The number of carbonyl (C=O) groups excluding carboxylic acids is 1. The molecule has 1 aliphatic heterocycles. The molecule has 0 unspecified atom stereocenters. The third-order valence-electron chi connectivity index (χ3n) is 4.94. The second-order valence-electron chi connectivity index (χ2n) is 6.98. The van der Waals surface area contributed by atoms with Gasteiger partial charge >= 0.3 is 0 Å². The second kappa shape index (κ2) is 9.72. The third kappa shape index (κ3) is 6.25. The zero-order valence-electron chi connectivity index (χ0n) is 15.3. The number of nitrogens with one attached hydrogen (secondary N) is 1. The van der Waals surface area contributed by atoms with E-state index in [2.05, 4.69) is 5.32 Å². The van der Waals surface area contributed by atoms with Crippen molar-refractivity contribution in [1.82, 2.24) is 5.32 Å². The zero-order valence-corrected chi connectivity index (χ0v) is 16.9. The first kappa shape index (κ1) is 21.2. The van der Waals surface area contributed by atoms with Gasteiger partial charge in [0.1, 0.15) is 5.75 Å². The van der Waals surface area contributed by atoms with Crippen LogP contribution in [0.5, 0.6) is 0 Å². The summed E-state index contributed by atoms with van der Waals surface area (Å²) in [7, 11) is -3.35. The van der Waals surface area contributed by atoms with Crippen molar-refractivity contribution in [2.75, 3.05) is 31.3 Å². The Hall–Kier alpha value is -1.11. The summed E-state index contributed by atoms with van der Waals surface area (Å²) < 4.78 is 29.6. The Morgan fingerprint density at radius 3 is 2.46 bits per heavy atom. The number of carbonyl (C=O) groups is 1. The molecule has 2 rings (SSSR count). The minimum absolute atomic E-state index is 0.0738. The second-order valence-corrected chi connectivity index (χ2v) is 9.60. The van der Waals surface area contributed by atoms with Gasteiger partial charge in [0.25, 0.3) is 0 Å². The van der Waals surface area contributed by atoms with Gasteiger partial charge in [-0.15, -0.1) is 0 Å². The van der Waals surface area contributed by atoms with Crippen LogP contribution in [0.25, 0.3) is 0 Å². The molecule has 1 aromatic carbocycles. The van der Waals surface area contributed by atoms with E-state index in [0.29, 0.717) is 31.2 Å². The van der Waals surface area contributed by atoms with Gasteiger partial charge in [-0.2, -0.15) is 0 Å². The van der Waals surface area contributed by atoms with Gasteiger partial charge in [-0.05, 0) is 37.0 Å². The van der Waals surface area contributed by atoms with E-state index in [4.69, 9.17) is 16.3 Å². The lowest BCUT2D eigenvalue weighted by Crippen LogP contribution is -2.46. The van der Waals surface area contributed by atoms with Crippen LogP contribution in [0, 0.1) is 0 Å². The summed E-state index contributed by atoms with van der Waals surface area (Å²) >= 11 is 5.99. The predicted octanol–water partition coefficient (Wildman–Crippen LogP) is 3.11. The van der Waals surface area contributed by atoms with Gasteiger partial charge in [0.2, 0.25) is 5.91 Å². The molecule has 1 amide bonds. The maximum atomic E-state index is 12.2. The van der Waals surface area contributed by atoms with Gasteiger partial charge in [-0.3, -0.25) is 4.79 Å². The van der Waals surface area contributed by atoms with Gasteiger partial charge < -0.3 is 10.1 Å². The summed E-state index contributed by atoms with van der Waals surface area (Å²) in [6, 6.07) is 7.63. The molecule has 0 atom stereocenters. The maximum Gasteiger partial charge on any atom is 0.235 e. The molecular formula is C19H28ClNO4S. The molecule has 5 nitrogen and oxygen atoms in total. The van der Waals surface area contributed by atoms with E-state index in [9.17, 15) is 13.2 Å². The number of hydrogen-bond acceptors (Lipinski definition) is 4. The van der Waals surface area contributed by atoms with Crippen molar-refractivity contribution in [3.8, 4) is 0 Å². The molecule has 0 saturated carbocycles. The Morgan fingerprint density at radius 2 is 1.85 bits per heavy atom. The number of hydrogen-bond donors (Lipinski definition) is 1. The summed E-state index contributed by atoms with van der Waals surface area (Å²) in [4.78, 5) is 12.2. The van der Waals surface area contributed by atoms with E-state index in [1.54, 1.807) is 0 Å². The van der Waals surface area contributed by atoms with Crippen molar-refractivity contribution in [1.29, 1.82) is 0 Å². The van der Waals surface area contributed by atoms with Crippen molar-refractivity contribution >= 4 is 27.3 Å². The van der Waals surface area contributed by atoms with Gasteiger partial charge in [0, 0.05) is 30.2 Å². The first-order valence-corrected chi connectivity index (χ1v) is 11.4. The minimum atomic E-state index is -3.35. The van der Waals surface area contributed by atoms with Crippen molar-refractivity contribution in [2.24, 2.45) is 0 Å². The Bertz CT molecular complexity index is 682. The molecule has 1 aromatic rings. The first-order valence-electron chi connectivity index (χ1n) is 9.18. The first-order chi connectivity index (χ1) is 12.4. The molecule has 1 N–H and O–H groups in total. The van der Waals surface area contributed by atoms with Crippen LogP contribution < -0.4 is 5.32 Å². The number of benzene rings is 1. The van der Waals surface area contributed by atoms with Crippen molar-refractivity contribution in [3.63, 3.8) is 0 Å². The Morgan fingerprint density at radius 1 is 1.19 bits per heavy atom. The molecule has 1 heterocycles. The SMILES string of the molecule is CCCCCS(=O)(=O)CC(=O)NCC1(c2ccc(Cl)cc2)CCOCC1. The minimum Gasteiger partial charge on any atom is -0.381 e. The Balaban J connectivity index is 1.99. The molecule has 0 aromatic heterocycles. The average Bonchev–Trinajstić information content (AvgIpc) is 2.61. The largest absolute Gasteiger partial charge is 0.381 e. The monoisotopic (exact) mass is 401 g/mol. The van der Waals surface area contributed by atoms with Crippen LogP contribution in [0.1, 0.15) is 44.6 Å². The lowest BCUT2D eigenvalue weighted by molar-refractivity contribution is -0.119. The highest BCUT2D eigenvalue weighted by Crippen LogP contribution is 2.34. The van der Waals surface area contributed by atoms with Crippen molar-refractivity contribution < 1.29 is 17.9 Å². The Kier molecular flexibility index (Phi) is 7.92. The van der Waals surface area contributed by atoms with Gasteiger partial charge in [0.05, 0.1) is 5.75 Å². The molecular weight excluding hydrogens is 374 g/mol. The number of rotatable bonds is 9. The van der Waals surface area contributed by atoms with E-state index in [-0.39, 0.29) is 11.2 Å². The number of halogens is 1. The van der Waals surface area contributed by atoms with Gasteiger partial charge in [-0.25, -0.2) is 8.42 Å². The molecule has 0 bridgehead atoms. The smallest absolute Gasteiger partial charge is 0.235 e. The quantitative estimate of drug-likeness (QED) is 0.645. The molecule has 7 heteroatoms. The number of amides is 1. The summed E-state index contributed by atoms with van der Waals surface area (Å²) in [5.74, 6) is -0.796. The van der Waals surface area contributed by atoms with Crippen LogP contribution in [-0.4, -0.2) is 45.6 Å². The van der Waals surface area contributed by atoms with Crippen LogP contribution in [0.2, 0.25) is 5.02 Å². The summed E-state index contributed by atoms with van der Waals surface area (Å²) in [6.07, 6.45) is 3.97. The lowest BCUT2D eigenvalue weighted by atomic mass is 9.74. The van der Waals surface area contributed by atoms with Gasteiger partial charge in [-0.1, -0.05) is 43.5 Å². The van der Waals surface area contributed by atoms with Crippen LogP contribution >= 0.6 is 11.6 Å². The van der Waals surface area contributed by atoms with E-state index >= 15 is 0 Å². The molecule has 26 heavy (non-hydrogen) atoms. The van der Waals surface area contributed by atoms with Crippen molar-refractivity contribution in [2.45, 2.75) is 44.4 Å². The maximum absolute atomic E-state index is 12.2. The molecule has 0 spiro atoms. The topological polar surface area (TPSA) is 72.5 Å². The molecule has 146 valence electrons. The van der Waals surface area contributed by atoms with Gasteiger partial charge in [0.15, 0.2) is 9.84 Å². The standard InChI is InChI=1S/C19H28ClNO4S/c1-2-3-4-13-26(23,24)14-18(22)21-15-19(9-11-25-12-10-19)16-5-7-17(20)8-6-16/h5-8H,2-4,9-15H2,1H3,(H,21,22). The highest BCUT2D eigenvalue weighted by atomic mass is 35.5. The van der Waals surface area contributed by atoms with Crippen molar-refractivity contribution in [3.05, 3.63) is 34.9 Å². The van der Waals surface area contributed by atoms with Crippen LogP contribution in [0.4, 0.5) is 0 Å². The van der Waals surface area contributed by atoms with E-state index < -0.39 is 21.5 Å². The Labute approximate surface area is 161 Å². The summed E-state index contributed by atoms with van der Waals surface area (Å²) in [6.45, 7) is 3.66. The molecule has 0 radical (unpaired) electrons. The highest BCUT2D eigenvalue weighted by molar-refractivity contribution is 7.92. The van der Waals surface area contributed by atoms with Crippen LogP contribution in [-0.2, 0) is 24.8 Å². The third-order valence-corrected chi connectivity index (χ3v) is 6.81. The predicted molar refractivity (Wildman–Crippen MR) is 104 cm³/mol. The fourth-order valence-corrected chi connectivity index (χ4v) is 4.71. The molecule has 0 aliphatic carbocycles. The van der Waals surface area contributed by atoms with E-state index in [1.807, 2.05) is 31.2 Å². The highest BCUT2D eigenvalue weighted by Gasteiger charge is 2.35. The normalized spacial score (nSPS) is 17.0. The summed E-state index contributed by atoms with van der Waals surface area (Å²) in [5.41, 5.74) is 0.848. The number of sulfone groups is 1. The van der Waals surface area contributed by atoms with Crippen LogP contribution in [0.15, 0.2) is 24.3 Å². The average molecular weight is 402 g/mol. The summed E-state index contributed by atoms with van der Waals surface area (Å²) in [5, 5.41) is 3.51. The number of ether oxygens (including phenoxy) is 1. The number of unbranched alkanes of at least 4 members (excludes halogenated alkanes) is 2. The molecule has 1 fully saturated rings. The lowest BCUT2D eigenvalue weighted by Gasteiger charge is -2.38. The molecule has 1 aliphatic rings. The van der Waals surface area contributed by atoms with E-state index in [1.165, 1.54) is 0 Å². The fourth-order valence-electron chi connectivity index (χ4n) is 3.30. The van der Waals surface area contributed by atoms with Crippen LogP contribution in [0.3, 0.4) is 0 Å². The zero-order chi connectivity index (χ0) is 19.0. The van der Waals surface area contributed by atoms with E-state index in [0.717, 1.165) is 31.2 Å².